The predicted octanol–water partition coefficient (Wildman–Crippen LogP) is 2.81. The smallest absolute Gasteiger partial charge is 0.219 e. The molecule has 5 rings (SSSR count). The molecular weight excluding hydrogens is 375 g/mol. The Labute approximate surface area is 169 Å². The fourth-order valence-electron chi connectivity index (χ4n) is 4.56. The van der Waals surface area contributed by atoms with E-state index in [9.17, 15) is 9.18 Å². The number of rotatable bonds is 2. The summed E-state index contributed by atoms with van der Waals surface area (Å²) in [6.45, 7) is 5.41. The first kappa shape index (κ1) is 18.4. The van der Waals surface area contributed by atoms with E-state index in [1.165, 1.54) is 17.8 Å². The molecule has 0 saturated carbocycles. The number of amides is 1. The summed E-state index contributed by atoms with van der Waals surface area (Å²) in [5, 5.41) is 5.03. The maximum absolute atomic E-state index is 14.0. The Morgan fingerprint density at radius 3 is 2.83 bits per heavy atom. The van der Waals surface area contributed by atoms with Crippen molar-refractivity contribution in [2.75, 3.05) is 37.8 Å². The molecule has 0 spiro atoms. The van der Waals surface area contributed by atoms with Gasteiger partial charge < -0.3 is 19.3 Å². The van der Waals surface area contributed by atoms with Crippen molar-refractivity contribution >= 4 is 17.4 Å². The number of carbonyl (C=O) groups is 1. The molecule has 1 aromatic heterocycles. The van der Waals surface area contributed by atoms with Crippen LogP contribution in [-0.4, -0.2) is 53.5 Å². The van der Waals surface area contributed by atoms with Crippen molar-refractivity contribution in [1.82, 2.24) is 14.7 Å². The van der Waals surface area contributed by atoms with Crippen molar-refractivity contribution in [1.29, 1.82) is 0 Å². The molecule has 0 radical (unpaired) electrons. The van der Waals surface area contributed by atoms with E-state index in [0.29, 0.717) is 43.7 Å². The van der Waals surface area contributed by atoms with Gasteiger partial charge >= 0.3 is 0 Å². The lowest BCUT2D eigenvalue weighted by molar-refractivity contribution is -0.129. The number of nitrogens with zero attached hydrogens (tertiary/aromatic N) is 4. The molecule has 3 aliphatic heterocycles. The van der Waals surface area contributed by atoms with Gasteiger partial charge in [0.25, 0.3) is 0 Å². The van der Waals surface area contributed by atoms with Gasteiger partial charge in [0.2, 0.25) is 5.91 Å². The Balaban J connectivity index is 1.61. The predicted molar refractivity (Wildman–Crippen MR) is 105 cm³/mol. The highest BCUT2D eigenvalue weighted by Crippen LogP contribution is 2.41. The molecule has 0 unspecified atom stereocenters. The maximum atomic E-state index is 14.0. The Bertz CT molecular complexity index is 938. The van der Waals surface area contributed by atoms with Crippen LogP contribution in [0.2, 0.25) is 0 Å². The minimum Gasteiger partial charge on any atom is -0.490 e. The van der Waals surface area contributed by atoms with E-state index in [1.807, 2.05) is 9.80 Å². The SMILES string of the molecule is CC(=O)N1CCc2c(c(N3CCOc4ccc(F)cc43)nn2C2CCOCC2)C1. The van der Waals surface area contributed by atoms with Crippen LogP contribution in [0, 0.1) is 5.82 Å². The van der Waals surface area contributed by atoms with Crippen LogP contribution in [0.15, 0.2) is 18.2 Å². The molecule has 0 aliphatic carbocycles. The lowest BCUT2D eigenvalue weighted by atomic mass is 10.0. The molecule has 29 heavy (non-hydrogen) atoms. The van der Waals surface area contributed by atoms with Crippen LogP contribution in [0.5, 0.6) is 5.75 Å². The minimum absolute atomic E-state index is 0.0637. The number of ether oxygens (including phenoxy) is 2. The standard InChI is InChI=1S/C21H25FN4O3/c1-14(27)24-7-4-18-17(13-24)21(23-26(18)16-5-9-28-10-6-16)25-8-11-29-20-3-2-15(22)12-19(20)25/h2-3,12,16H,4-11,13H2,1H3. The van der Waals surface area contributed by atoms with Gasteiger partial charge in [0, 0.05) is 50.4 Å². The van der Waals surface area contributed by atoms with Gasteiger partial charge in [-0.1, -0.05) is 0 Å². The van der Waals surface area contributed by atoms with Crippen LogP contribution in [0.1, 0.15) is 37.1 Å². The number of fused-ring (bicyclic) bond motifs is 2. The highest BCUT2D eigenvalue weighted by molar-refractivity contribution is 5.75. The normalized spacial score (nSPS) is 19.5. The summed E-state index contributed by atoms with van der Waals surface area (Å²) in [5.41, 5.74) is 2.94. The third-order valence-electron chi connectivity index (χ3n) is 6.09. The quantitative estimate of drug-likeness (QED) is 0.776. The van der Waals surface area contributed by atoms with Crippen molar-refractivity contribution in [2.24, 2.45) is 0 Å². The Morgan fingerprint density at radius 2 is 2.03 bits per heavy atom. The largest absolute Gasteiger partial charge is 0.490 e. The van der Waals surface area contributed by atoms with Gasteiger partial charge in [-0.3, -0.25) is 9.48 Å². The lowest BCUT2D eigenvalue weighted by Gasteiger charge is -2.32. The summed E-state index contributed by atoms with van der Waals surface area (Å²) in [6.07, 6.45) is 2.64. The van der Waals surface area contributed by atoms with Gasteiger partial charge in [-0.25, -0.2) is 4.39 Å². The minimum atomic E-state index is -0.303. The monoisotopic (exact) mass is 400 g/mol. The van der Waals surface area contributed by atoms with E-state index in [0.717, 1.165) is 43.9 Å². The van der Waals surface area contributed by atoms with Crippen molar-refractivity contribution in [3.63, 3.8) is 0 Å². The second-order valence-corrected chi connectivity index (χ2v) is 7.84. The zero-order valence-corrected chi connectivity index (χ0v) is 16.6. The van der Waals surface area contributed by atoms with Crippen LogP contribution in [0.3, 0.4) is 0 Å². The van der Waals surface area contributed by atoms with Gasteiger partial charge in [-0.15, -0.1) is 0 Å². The van der Waals surface area contributed by atoms with Crippen LogP contribution in [-0.2, 0) is 22.5 Å². The molecule has 3 aliphatic rings. The molecular formula is C21H25FN4O3. The average molecular weight is 400 g/mol. The highest BCUT2D eigenvalue weighted by Gasteiger charge is 2.33. The lowest BCUT2D eigenvalue weighted by Crippen LogP contribution is -2.36. The van der Waals surface area contributed by atoms with E-state index >= 15 is 0 Å². The van der Waals surface area contributed by atoms with Crippen LogP contribution in [0.4, 0.5) is 15.9 Å². The second-order valence-electron chi connectivity index (χ2n) is 7.84. The molecule has 2 aromatic rings. The van der Waals surface area contributed by atoms with Gasteiger partial charge in [0.15, 0.2) is 5.82 Å². The zero-order chi connectivity index (χ0) is 20.0. The number of hydrogen-bond donors (Lipinski definition) is 0. The topological polar surface area (TPSA) is 59.8 Å². The highest BCUT2D eigenvalue weighted by atomic mass is 19.1. The van der Waals surface area contributed by atoms with Crippen LogP contribution < -0.4 is 9.64 Å². The first-order valence-corrected chi connectivity index (χ1v) is 10.2. The number of aromatic nitrogens is 2. The fourth-order valence-corrected chi connectivity index (χ4v) is 4.56. The molecule has 1 fully saturated rings. The Morgan fingerprint density at radius 1 is 1.21 bits per heavy atom. The molecule has 8 heteroatoms. The molecule has 4 heterocycles. The van der Waals surface area contributed by atoms with Gasteiger partial charge in [0.1, 0.15) is 18.2 Å². The number of hydrogen-bond acceptors (Lipinski definition) is 5. The zero-order valence-electron chi connectivity index (χ0n) is 16.6. The maximum Gasteiger partial charge on any atom is 0.219 e. The second kappa shape index (κ2) is 7.33. The molecule has 0 atom stereocenters. The number of halogens is 1. The third-order valence-corrected chi connectivity index (χ3v) is 6.09. The van der Waals surface area contributed by atoms with Crippen molar-refractivity contribution in [3.8, 4) is 5.75 Å². The number of anilines is 2. The number of benzene rings is 1. The van der Waals surface area contributed by atoms with Crippen LogP contribution >= 0.6 is 0 Å². The van der Waals surface area contributed by atoms with Gasteiger partial charge in [-0.05, 0) is 25.0 Å². The van der Waals surface area contributed by atoms with E-state index in [2.05, 4.69) is 4.68 Å². The summed E-state index contributed by atoms with van der Waals surface area (Å²) >= 11 is 0. The molecule has 154 valence electrons. The van der Waals surface area contributed by atoms with Gasteiger partial charge in [-0.2, -0.15) is 5.10 Å². The fraction of sp³-hybridized carbons (Fsp3) is 0.524. The summed E-state index contributed by atoms with van der Waals surface area (Å²) in [6, 6.07) is 4.87. The summed E-state index contributed by atoms with van der Waals surface area (Å²) in [4.78, 5) is 15.9. The Hall–Kier alpha value is -2.61. The molecule has 0 bridgehead atoms. The van der Waals surface area contributed by atoms with Crippen molar-refractivity contribution < 1.29 is 18.7 Å². The summed E-state index contributed by atoms with van der Waals surface area (Å²) in [5.74, 6) is 1.23. The van der Waals surface area contributed by atoms with Crippen molar-refractivity contribution in [3.05, 3.63) is 35.3 Å². The molecule has 1 saturated heterocycles. The van der Waals surface area contributed by atoms with E-state index in [-0.39, 0.29) is 11.7 Å². The summed E-state index contributed by atoms with van der Waals surface area (Å²) < 4.78 is 27.4. The van der Waals surface area contributed by atoms with Gasteiger partial charge in [0.05, 0.1) is 24.8 Å². The Kier molecular flexibility index (Phi) is 4.66. The molecule has 1 aromatic carbocycles. The molecule has 0 N–H and O–H groups in total. The summed E-state index contributed by atoms with van der Waals surface area (Å²) in [7, 11) is 0. The van der Waals surface area contributed by atoms with Crippen LogP contribution in [0.25, 0.3) is 0 Å². The number of carbonyl (C=O) groups excluding carboxylic acids is 1. The van der Waals surface area contributed by atoms with E-state index in [4.69, 9.17) is 14.6 Å². The first-order chi connectivity index (χ1) is 14.1. The molecule has 7 nitrogen and oxygen atoms in total. The van der Waals surface area contributed by atoms with E-state index in [1.54, 1.807) is 13.0 Å². The average Bonchev–Trinajstić information content (AvgIpc) is 3.12. The van der Waals surface area contributed by atoms with E-state index < -0.39 is 0 Å². The van der Waals surface area contributed by atoms with Crippen molar-refractivity contribution in [2.45, 2.75) is 38.8 Å². The third kappa shape index (κ3) is 3.25. The first-order valence-electron chi connectivity index (χ1n) is 10.2. The molecule has 1 amide bonds.